The third kappa shape index (κ3) is 3.08. The molecule has 4 nitrogen and oxygen atoms in total. The van der Waals surface area contributed by atoms with Gasteiger partial charge in [-0.3, -0.25) is 4.72 Å². The first-order valence-corrected chi connectivity index (χ1v) is 8.29. The molecule has 0 saturated carbocycles. The molecule has 7 heteroatoms. The molecular formula is C13H12BrClN2O2S. The summed E-state index contributed by atoms with van der Waals surface area (Å²) in [6, 6.07) is 9.60. The number of hydrogen-bond donors (Lipinski definition) is 2. The molecule has 0 atom stereocenters. The number of nitrogens with two attached hydrogens (primary N) is 1. The zero-order valence-electron chi connectivity index (χ0n) is 10.5. The normalized spacial score (nSPS) is 11.3. The summed E-state index contributed by atoms with van der Waals surface area (Å²) in [5.74, 6) is 0. The summed E-state index contributed by atoms with van der Waals surface area (Å²) in [5, 5.41) is 0.346. The van der Waals surface area contributed by atoms with Gasteiger partial charge in [0.05, 0.1) is 15.6 Å². The minimum atomic E-state index is -3.73. The molecule has 0 radical (unpaired) electrons. The van der Waals surface area contributed by atoms with Crippen molar-refractivity contribution in [2.45, 2.75) is 11.8 Å². The Labute approximate surface area is 131 Å². The standard InChI is InChI=1S/C13H12BrClN2O2S/c1-8-3-2-4-11(15)13(8)17-20(18,19)9-5-6-10(14)12(16)7-9/h2-7,17H,16H2,1H3. The number of rotatable bonds is 3. The zero-order valence-corrected chi connectivity index (χ0v) is 13.7. The van der Waals surface area contributed by atoms with Crippen molar-refractivity contribution < 1.29 is 8.42 Å². The molecule has 3 N–H and O–H groups in total. The molecule has 0 unspecified atom stereocenters. The molecule has 2 aromatic rings. The Morgan fingerprint density at radius 1 is 1.25 bits per heavy atom. The summed E-state index contributed by atoms with van der Waals surface area (Å²) in [7, 11) is -3.73. The number of para-hydroxylation sites is 1. The fraction of sp³-hybridized carbons (Fsp3) is 0.0769. The minimum Gasteiger partial charge on any atom is -0.398 e. The van der Waals surface area contributed by atoms with Crippen LogP contribution >= 0.6 is 27.5 Å². The van der Waals surface area contributed by atoms with Crippen LogP contribution in [0.5, 0.6) is 0 Å². The Morgan fingerprint density at radius 2 is 1.95 bits per heavy atom. The smallest absolute Gasteiger partial charge is 0.262 e. The van der Waals surface area contributed by atoms with Crippen LogP contribution in [-0.2, 0) is 10.0 Å². The molecule has 0 saturated heterocycles. The Balaban J connectivity index is 2.43. The number of aryl methyl sites for hydroxylation is 1. The fourth-order valence-electron chi connectivity index (χ4n) is 1.64. The molecule has 0 aliphatic heterocycles. The van der Waals surface area contributed by atoms with E-state index in [0.29, 0.717) is 20.9 Å². The van der Waals surface area contributed by atoms with Gasteiger partial charge in [0, 0.05) is 10.2 Å². The van der Waals surface area contributed by atoms with Crippen molar-refractivity contribution in [2.75, 3.05) is 10.5 Å². The summed E-state index contributed by atoms with van der Waals surface area (Å²) in [5.41, 5.74) is 7.17. The number of nitrogen functional groups attached to an aromatic ring is 1. The fourth-order valence-corrected chi connectivity index (χ4v) is 3.40. The molecule has 106 valence electrons. The van der Waals surface area contributed by atoms with Gasteiger partial charge in [-0.05, 0) is 52.7 Å². The molecule has 2 aromatic carbocycles. The topological polar surface area (TPSA) is 72.2 Å². The van der Waals surface area contributed by atoms with Gasteiger partial charge in [-0.1, -0.05) is 23.7 Å². The molecule has 2 rings (SSSR count). The van der Waals surface area contributed by atoms with E-state index in [2.05, 4.69) is 20.7 Å². The van der Waals surface area contributed by atoms with Crippen molar-refractivity contribution in [1.82, 2.24) is 0 Å². The Morgan fingerprint density at radius 3 is 2.55 bits per heavy atom. The van der Waals surface area contributed by atoms with E-state index in [4.69, 9.17) is 17.3 Å². The predicted octanol–water partition coefficient (Wildman–Crippen LogP) is 3.79. The summed E-state index contributed by atoms with van der Waals surface area (Å²) in [4.78, 5) is 0.0810. The SMILES string of the molecule is Cc1cccc(Cl)c1NS(=O)(=O)c1ccc(Br)c(N)c1. The van der Waals surface area contributed by atoms with E-state index in [1.807, 2.05) is 0 Å². The summed E-state index contributed by atoms with van der Waals surface area (Å²) < 4.78 is 27.8. The lowest BCUT2D eigenvalue weighted by Gasteiger charge is -2.12. The molecule has 0 bridgehead atoms. The monoisotopic (exact) mass is 374 g/mol. The lowest BCUT2D eigenvalue weighted by Crippen LogP contribution is -2.14. The summed E-state index contributed by atoms with van der Waals surface area (Å²) in [6.45, 7) is 1.78. The highest BCUT2D eigenvalue weighted by Gasteiger charge is 2.17. The van der Waals surface area contributed by atoms with Crippen LogP contribution in [0.2, 0.25) is 5.02 Å². The van der Waals surface area contributed by atoms with Gasteiger partial charge >= 0.3 is 0 Å². The second-order valence-corrected chi connectivity index (χ2v) is 7.16. The van der Waals surface area contributed by atoms with Crippen molar-refractivity contribution in [3.63, 3.8) is 0 Å². The van der Waals surface area contributed by atoms with Crippen molar-refractivity contribution in [3.8, 4) is 0 Å². The second kappa shape index (κ2) is 5.63. The predicted molar refractivity (Wildman–Crippen MR) is 85.6 cm³/mol. The van der Waals surface area contributed by atoms with Crippen molar-refractivity contribution in [2.24, 2.45) is 0 Å². The maximum absolute atomic E-state index is 12.3. The lowest BCUT2D eigenvalue weighted by atomic mass is 10.2. The number of nitrogens with one attached hydrogen (secondary N) is 1. The van der Waals surface area contributed by atoms with E-state index in [1.165, 1.54) is 12.1 Å². The van der Waals surface area contributed by atoms with Crippen LogP contribution in [0, 0.1) is 6.92 Å². The largest absolute Gasteiger partial charge is 0.398 e. The third-order valence-electron chi connectivity index (χ3n) is 2.74. The van der Waals surface area contributed by atoms with Gasteiger partial charge < -0.3 is 5.73 Å². The molecule has 0 spiro atoms. The highest BCUT2D eigenvalue weighted by molar-refractivity contribution is 9.10. The molecular weight excluding hydrogens is 364 g/mol. The second-order valence-electron chi connectivity index (χ2n) is 4.22. The molecule has 0 fully saturated rings. The van der Waals surface area contributed by atoms with Gasteiger partial charge in [0.1, 0.15) is 0 Å². The number of anilines is 2. The summed E-state index contributed by atoms with van der Waals surface area (Å²) >= 11 is 9.25. The first-order chi connectivity index (χ1) is 9.31. The first-order valence-electron chi connectivity index (χ1n) is 5.64. The van der Waals surface area contributed by atoms with E-state index < -0.39 is 10.0 Å². The van der Waals surface area contributed by atoms with Crippen LogP contribution in [-0.4, -0.2) is 8.42 Å². The van der Waals surface area contributed by atoms with Crippen LogP contribution in [0.4, 0.5) is 11.4 Å². The maximum Gasteiger partial charge on any atom is 0.262 e. The van der Waals surface area contributed by atoms with Gasteiger partial charge in [-0.2, -0.15) is 0 Å². The van der Waals surface area contributed by atoms with Crippen molar-refractivity contribution in [3.05, 3.63) is 51.5 Å². The van der Waals surface area contributed by atoms with E-state index in [-0.39, 0.29) is 4.90 Å². The quantitative estimate of drug-likeness (QED) is 0.802. The molecule has 0 aliphatic rings. The van der Waals surface area contributed by atoms with E-state index in [0.717, 1.165) is 5.56 Å². The Bertz CT molecular complexity index is 743. The molecule has 0 heterocycles. The van der Waals surface area contributed by atoms with Crippen LogP contribution < -0.4 is 10.5 Å². The van der Waals surface area contributed by atoms with Gasteiger partial charge in [0.15, 0.2) is 0 Å². The number of sulfonamides is 1. The van der Waals surface area contributed by atoms with Gasteiger partial charge in [-0.15, -0.1) is 0 Å². The van der Waals surface area contributed by atoms with Crippen LogP contribution in [0.15, 0.2) is 45.8 Å². The van der Waals surface area contributed by atoms with E-state index in [9.17, 15) is 8.42 Å². The summed E-state index contributed by atoms with van der Waals surface area (Å²) in [6.07, 6.45) is 0. The highest BCUT2D eigenvalue weighted by atomic mass is 79.9. The Hall–Kier alpha value is -1.24. The third-order valence-corrected chi connectivity index (χ3v) is 5.12. The van der Waals surface area contributed by atoms with E-state index in [1.54, 1.807) is 31.2 Å². The van der Waals surface area contributed by atoms with Crippen molar-refractivity contribution in [1.29, 1.82) is 0 Å². The molecule has 0 aliphatic carbocycles. The van der Waals surface area contributed by atoms with Crippen LogP contribution in [0.3, 0.4) is 0 Å². The first kappa shape index (κ1) is 15.2. The van der Waals surface area contributed by atoms with Gasteiger partial charge in [0.25, 0.3) is 10.0 Å². The number of benzene rings is 2. The van der Waals surface area contributed by atoms with Gasteiger partial charge in [-0.25, -0.2) is 8.42 Å². The highest BCUT2D eigenvalue weighted by Crippen LogP contribution is 2.29. The van der Waals surface area contributed by atoms with Crippen LogP contribution in [0.1, 0.15) is 5.56 Å². The molecule has 0 aromatic heterocycles. The Kier molecular flexibility index (Phi) is 4.27. The van der Waals surface area contributed by atoms with Crippen LogP contribution in [0.25, 0.3) is 0 Å². The maximum atomic E-state index is 12.3. The average molecular weight is 376 g/mol. The molecule has 0 amide bonds. The number of halogens is 2. The minimum absolute atomic E-state index is 0.0810. The molecule has 20 heavy (non-hydrogen) atoms. The number of hydrogen-bond acceptors (Lipinski definition) is 3. The van der Waals surface area contributed by atoms with Gasteiger partial charge in [0.2, 0.25) is 0 Å². The average Bonchev–Trinajstić information content (AvgIpc) is 2.37. The van der Waals surface area contributed by atoms with Crippen molar-refractivity contribution >= 4 is 48.9 Å². The zero-order chi connectivity index (χ0) is 14.9. The lowest BCUT2D eigenvalue weighted by molar-refractivity contribution is 0.601. The van der Waals surface area contributed by atoms with E-state index >= 15 is 0 Å².